The van der Waals surface area contributed by atoms with Crippen molar-refractivity contribution >= 4 is 5.69 Å². The molecule has 1 aliphatic heterocycles. The van der Waals surface area contributed by atoms with Crippen LogP contribution in [-0.4, -0.2) is 32.8 Å². The highest BCUT2D eigenvalue weighted by atomic mass is 19.1. The van der Waals surface area contributed by atoms with Gasteiger partial charge in [0.15, 0.2) is 0 Å². The van der Waals surface area contributed by atoms with Crippen LogP contribution in [0.3, 0.4) is 0 Å². The van der Waals surface area contributed by atoms with Crippen LogP contribution in [0.15, 0.2) is 49.3 Å². The fourth-order valence-electron chi connectivity index (χ4n) is 3.40. The minimum atomic E-state index is -0.165. The Bertz CT molecular complexity index is 774. The summed E-state index contributed by atoms with van der Waals surface area (Å²) in [6.07, 6.45) is 11.3. The van der Waals surface area contributed by atoms with Gasteiger partial charge in [0.05, 0.1) is 18.2 Å². The molecule has 1 N–H and O–H groups in total. The minimum absolute atomic E-state index is 0.165. The summed E-state index contributed by atoms with van der Waals surface area (Å²) in [7, 11) is 0. The molecule has 1 saturated heterocycles. The molecule has 0 radical (unpaired) electrons. The third-order valence-electron chi connectivity index (χ3n) is 4.76. The van der Waals surface area contributed by atoms with E-state index in [1.54, 1.807) is 18.5 Å². The first-order chi connectivity index (χ1) is 11.8. The lowest BCUT2D eigenvalue weighted by Gasteiger charge is -2.34. The molecular formula is C18H20FN5. The molecule has 124 valence electrons. The molecule has 0 saturated carbocycles. The lowest BCUT2D eigenvalue weighted by atomic mass is 9.96. The van der Waals surface area contributed by atoms with Crippen LogP contribution in [0.2, 0.25) is 0 Å². The lowest BCUT2D eigenvalue weighted by molar-refractivity contribution is 0.355. The summed E-state index contributed by atoms with van der Waals surface area (Å²) >= 11 is 0. The Morgan fingerprint density at radius 2 is 2.08 bits per heavy atom. The summed E-state index contributed by atoms with van der Waals surface area (Å²) in [6, 6.07) is 5.44. The Hall–Kier alpha value is -2.63. The van der Waals surface area contributed by atoms with Gasteiger partial charge in [0.25, 0.3) is 0 Å². The van der Waals surface area contributed by atoms with E-state index in [0.717, 1.165) is 43.6 Å². The highest BCUT2D eigenvalue weighted by Gasteiger charge is 2.21. The number of aromatic amines is 1. The van der Waals surface area contributed by atoms with Crippen molar-refractivity contribution in [3.05, 3.63) is 55.1 Å². The van der Waals surface area contributed by atoms with Crippen molar-refractivity contribution in [1.82, 2.24) is 19.7 Å². The van der Waals surface area contributed by atoms with Gasteiger partial charge < -0.3 is 9.47 Å². The number of piperidine rings is 1. The Labute approximate surface area is 140 Å². The second-order valence-corrected chi connectivity index (χ2v) is 6.34. The number of H-pyrrole nitrogens is 1. The van der Waals surface area contributed by atoms with Crippen LogP contribution < -0.4 is 4.90 Å². The van der Waals surface area contributed by atoms with Gasteiger partial charge in [0, 0.05) is 43.8 Å². The number of anilines is 1. The van der Waals surface area contributed by atoms with Crippen molar-refractivity contribution in [1.29, 1.82) is 0 Å². The van der Waals surface area contributed by atoms with Crippen LogP contribution in [0, 0.1) is 11.7 Å². The third-order valence-corrected chi connectivity index (χ3v) is 4.76. The molecule has 3 heterocycles. The second kappa shape index (κ2) is 6.47. The fourth-order valence-corrected chi connectivity index (χ4v) is 3.40. The van der Waals surface area contributed by atoms with Crippen molar-refractivity contribution < 1.29 is 4.39 Å². The summed E-state index contributed by atoms with van der Waals surface area (Å²) in [4.78, 5) is 6.24. The van der Waals surface area contributed by atoms with Crippen LogP contribution in [0.4, 0.5) is 10.1 Å². The lowest BCUT2D eigenvalue weighted by Crippen LogP contribution is -2.35. The van der Waals surface area contributed by atoms with E-state index in [0.29, 0.717) is 11.6 Å². The molecule has 5 nitrogen and oxygen atoms in total. The summed E-state index contributed by atoms with van der Waals surface area (Å²) in [5, 5.41) is 6.67. The normalized spacial score (nSPS) is 15.8. The van der Waals surface area contributed by atoms with Crippen molar-refractivity contribution in [2.45, 2.75) is 19.4 Å². The SMILES string of the molecule is Fc1cc(-c2cn[nH]c2)ccc1N1CCC(Cn2ccnc2)CC1. The van der Waals surface area contributed by atoms with Crippen LogP contribution in [0.1, 0.15) is 12.8 Å². The van der Waals surface area contributed by atoms with E-state index < -0.39 is 0 Å². The van der Waals surface area contributed by atoms with Crippen molar-refractivity contribution in [2.75, 3.05) is 18.0 Å². The summed E-state index contributed by atoms with van der Waals surface area (Å²) in [5.41, 5.74) is 2.45. The number of imidazole rings is 1. The third kappa shape index (κ3) is 3.04. The maximum absolute atomic E-state index is 14.5. The number of nitrogens with one attached hydrogen (secondary N) is 1. The zero-order valence-corrected chi connectivity index (χ0v) is 13.4. The highest BCUT2D eigenvalue weighted by Crippen LogP contribution is 2.29. The molecular weight excluding hydrogens is 305 g/mol. The molecule has 24 heavy (non-hydrogen) atoms. The Morgan fingerprint density at radius 3 is 2.75 bits per heavy atom. The first-order valence-corrected chi connectivity index (χ1v) is 8.29. The molecule has 0 atom stereocenters. The van der Waals surface area contributed by atoms with Gasteiger partial charge in [-0.1, -0.05) is 6.07 Å². The Morgan fingerprint density at radius 1 is 1.21 bits per heavy atom. The molecule has 0 bridgehead atoms. The number of hydrogen-bond acceptors (Lipinski definition) is 3. The van der Waals surface area contributed by atoms with E-state index in [9.17, 15) is 4.39 Å². The van der Waals surface area contributed by atoms with E-state index in [-0.39, 0.29) is 5.82 Å². The highest BCUT2D eigenvalue weighted by molar-refractivity contribution is 5.65. The van der Waals surface area contributed by atoms with Gasteiger partial charge in [-0.05, 0) is 36.5 Å². The predicted molar refractivity (Wildman–Crippen MR) is 91.1 cm³/mol. The summed E-state index contributed by atoms with van der Waals surface area (Å²) in [5.74, 6) is 0.463. The largest absolute Gasteiger partial charge is 0.369 e. The number of rotatable bonds is 4. The molecule has 2 aromatic heterocycles. The number of aromatic nitrogens is 4. The van der Waals surface area contributed by atoms with E-state index in [4.69, 9.17) is 0 Å². The number of benzene rings is 1. The quantitative estimate of drug-likeness (QED) is 0.800. The maximum Gasteiger partial charge on any atom is 0.147 e. The second-order valence-electron chi connectivity index (χ2n) is 6.34. The molecule has 1 fully saturated rings. The minimum Gasteiger partial charge on any atom is -0.369 e. The Kier molecular flexibility index (Phi) is 4.02. The van der Waals surface area contributed by atoms with Gasteiger partial charge in [0.1, 0.15) is 5.82 Å². The van der Waals surface area contributed by atoms with Crippen LogP contribution in [0.25, 0.3) is 11.1 Å². The van der Waals surface area contributed by atoms with Gasteiger partial charge in [-0.25, -0.2) is 9.37 Å². The zero-order valence-electron chi connectivity index (χ0n) is 13.4. The zero-order chi connectivity index (χ0) is 16.4. The van der Waals surface area contributed by atoms with Crippen LogP contribution in [0.5, 0.6) is 0 Å². The van der Waals surface area contributed by atoms with Crippen molar-refractivity contribution in [3.8, 4) is 11.1 Å². The molecule has 1 aliphatic rings. The van der Waals surface area contributed by atoms with Gasteiger partial charge in [0.2, 0.25) is 0 Å². The monoisotopic (exact) mass is 325 g/mol. The molecule has 4 rings (SSSR count). The smallest absolute Gasteiger partial charge is 0.147 e. The van der Waals surface area contributed by atoms with Crippen molar-refractivity contribution in [2.24, 2.45) is 5.92 Å². The molecule has 0 amide bonds. The van der Waals surface area contributed by atoms with Gasteiger partial charge in [-0.3, -0.25) is 5.10 Å². The standard InChI is InChI=1S/C18H20FN5/c19-17-9-15(16-10-21-22-11-16)1-2-18(17)24-6-3-14(4-7-24)12-23-8-5-20-13-23/h1-2,5,8-11,13-14H,3-4,6-7,12H2,(H,21,22). The molecule has 6 heteroatoms. The maximum atomic E-state index is 14.5. The van der Waals surface area contributed by atoms with Gasteiger partial charge in [-0.15, -0.1) is 0 Å². The molecule has 0 spiro atoms. The average Bonchev–Trinajstić information content (AvgIpc) is 3.29. The van der Waals surface area contributed by atoms with Crippen molar-refractivity contribution in [3.63, 3.8) is 0 Å². The topological polar surface area (TPSA) is 49.7 Å². The van der Waals surface area contributed by atoms with E-state index in [2.05, 4.69) is 24.6 Å². The van der Waals surface area contributed by atoms with E-state index >= 15 is 0 Å². The van der Waals surface area contributed by atoms with Crippen LogP contribution in [-0.2, 0) is 6.54 Å². The van der Waals surface area contributed by atoms with Crippen LogP contribution >= 0.6 is 0 Å². The molecule has 0 unspecified atom stereocenters. The number of nitrogens with zero attached hydrogens (tertiary/aromatic N) is 4. The van der Waals surface area contributed by atoms with Gasteiger partial charge in [-0.2, -0.15) is 5.10 Å². The molecule has 1 aromatic carbocycles. The number of halogens is 1. The molecule has 0 aliphatic carbocycles. The average molecular weight is 325 g/mol. The van der Waals surface area contributed by atoms with E-state index in [1.807, 2.05) is 30.9 Å². The van der Waals surface area contributed by atoms with Gasteiger partial charge >= 0.3 is 0 Å². The predicted octanol–water partition coefficient (Wildman–Crippen LogP) is 3.33. The first kappa shape index (κ1) is 14.9. The number of hydrogen-bond donors (Lipinski definition) is 1. The fraction of sp³-hybridized carbons (Fsp3) is 0.333. The Balaban J connectivity index is 1.42. The molecule has 3 aromatic rings. The summed E-state index contributed by atoms with van der Waals surface area (Å²) in [6.45, 7) is 2.78. The first-order valence-electron chi connectivity index (χ1n) is 8.29. The summed E-state index contributed by atoms with van der Waals surface area (Å²) < 4.78 is 16.7. The van der Waals surface area contributed by atoms with E-state index in [1.165, 1.54) is 0 Å².